The van der Waals surface area contributed by atoms with E-state index in [1.807, 2.05) is 0 Å². The summed E-state index contributed by atoms with van der Waals surface area (Å²) in [5.41, 5.74) is 2.31. The van der Waals surface area contributed by atoms with E-state index in [4.69, 9.17) is 9.84 Å². The van der Waals surface area contributed by atoms with Crippen molar-refractivity contribution in [2.75, 3.05) is 39.9 Å². The Kier molecular flexibility index (Phi) is 6.54. The number of amides is 2. The van der Waals surface area contributed by atoms with Gasteiger partial charge in [0, 0.05) is 43.2 Å². The molecule has 0 bridgehead atoms. The van der Waals surface area contributed by atoms with Crippen molar-refractivity contribution in [1.82, 2.24) is 20.1 Å². The summed E-state index contributed by atoms with van der Waals surface area (Å²) in [6.07, 6.45) is -1.34. The highest BCUT2D eigenvalue weighted by Gasteiger charge is 2.34. The number of aliphatic hydroxyl groups excluding tert-OH is 1. The summed E-state index contributed by atoms with van der Waals surface area (Å²) in [7, 11) is 1.71. The number of allylic oxidation sites excluding steroid dienone is 2. The van der Waals surface area contributed by atoms with Crippen molar-refractivity contribution in [2.45, 2.75) is 19.6 Å². The van der Waals surface area contributed by atoms with Crippen molar-refractivity contribution in [1.29, 1.82) is 0 Å². The molecule has 3 heterocycles. The maximum atomic E-state index is 12.8. The van der Waals surface area contributed by atoms with Crippen molar-refractivity contribution in [2.24, 2.45) is 0 Å². The van der Waals surface area contributed by atoms with Crippen LogP contribution in [0.5, 0.6) is 0 Å². The smallest absolute Gasteiger partial charge is 0.422 e. The Labute approximate surface area is 177 Å². The molecule has 168 valence electrons. The summed E-state index contributed by atoms with van der Waals surface area (Å²) in [6, 6.07) is 1.55. The fourth-order valence-electron chi connectivity index (χ4n) is 3.43. The summed E-state index contributed by atoms with van der Waals surface area (Å²) < 4.78 is 42.3. The molecule has 0 saturated carbocycles. The lowest BCUT2D eigenvalue weighted by Gasteiger charge is -2.31. The van der Waals surface area contributed by atoms with Gasteiger partial charge in [-0.25, -0.2) is 0 Å². The van der Waals surface area contributed by atoms with Gasteiger partial charge in [0.25, 0.3) is 11.8 Å². The Bertz CT molecular complexity index is 943. The van der Waals surface area contributed by atoms with Gasteiger partial charge < -0.3 is 25.0 Å². The number of nitrogens with one attached hydrogen (secondary N) is 1. The number of halogens is 3. The van der Waals surface area contributed by atoms with Gasteiger partial charge in [-0.15, -0.1) is 0 Å². The first-order valence-corrected chi connectivity index (χ1v) is 9.58. The highest BCUT2D eigenvalue weighted by atomic mass is 19.4. The largest absolute Gasteiger partial charge is 0.486 e. The third-order valence-corrected chi connectivity index (χ3v) is 4.99. The van der Waals surface area contributed by atoms with E-state index in [0.29, 0.717) is 16.7 Å². The maximum Gasteiger partial charge on any atom is 0.422 e. The Balaban J connectivity index is 1.75. The monoisotopic (exact) mass is 440 g/mol. The van der Waals surface area contributed by atoms with E-state index in [2.05, 4.69) is 10.3 Å². The molecule has 0 saturated heterocycles. The lowest BCUT2D eigenvalue weighted by Crippen LogP contribution is -2.35. The van der Waals surface area contributed by atoms with Crippen molar-refractivity contribution >= 4 is 11.8 Å². The predicted molar refractivity (Wildman–Crippen MR) is 104 cm³/mol. The number of alkyl halides is 3. The molecule has 11 heteroatoms. The number of fused-ring (bicyclic) bond motifs is 1. The number of pyridine rings is 1. The van der Waals surface area contributed by atoms with E-state index in [1.54, 1.807) is 35.9 Å². The maximum absolute atomic E-state index is 12.8. The SMILES string of the molecule is CC1=C(OCC(F)(F)F)CN(C)C(CN2Cc3c(ccnc3C(=O)NCCO)C2=O)=C1. The van der Waals surface area contributed by atoms with Crippen LogP contribution < -0.4 is 5.32 Å². The molecule has 1 aromatic rings. The molecule has 0 aromatic carbocycles. The van der Waals surface area contributed by atoms with E-state index in [1.165, 1.54) is 6.20 Å². The molecule has 0 fully saturated rings. The predicted octanol–water partition coefficient (Wildman–Crippen LogP) is 1.44. The van der Waals surface area contributed by atoms with Crippen LogP contribution in [0.3, 0.4) is 0 Å². The summed E-state index contributed by atoms with van der Waals surface area (Å²) in [5, 5.41) is 11.4. The van der Waals surface area contributed by atoms with Gasteiger partial charge in [0.15, 0.2) is 6.61 Å². The molecule has 0 aliphatic carbocycles. The second-order valence-electron chi connectivity index (χ2n) is 7.33. The molecular formula is C20H23F3N4O4. The first-order chi connectivity index (χ1) is 14.6. The molecule has 8 nitrogen and oxygen atoms in total. The Morgan fingerprint density at radius 1 is 1.35 bits per heavy atom. The molecule has 2 aliphatic rings. The summed E-state index contributed by atoms with van der Waals surface area (Å²) in [6.45, 7) is 0.704. The van der Waals surface area contributed by atoms with E-state index in [-0.39, 0.29) is 50.1 Å². The number of ether oxygens (including phenoxy) is 1. The molecule has 0 spiro atoms. The molecule has 0 unspecified atom stereocenters. The van der Waals surface area contributed by atoms with Crippen LogP contribution in [0.25, 0.3) is 0 Å². The first-order valence-electron chi connectivity index (χ1n) is 9.58. The van der Waals surface area contributed by atoms with Crippen LogP contribution in [0.1, 0.15) is 33.3 Å². The average molecular weight is 440 g/mol. The number of aliphatic hydroxyl groups is 1. The highest BCUT2D eigenvalue weighted by molar-refractivity contribution is 6.03. The standard InChI is InChI=1S/C20H23F3N4O4/c1-12-7-13(26(2)10-16(12)31-11-20(21,22)23)8-27-9-15-14(19(27)30)3-4-24-17(15)18(29)25-5-6-28/h3-4,7,28H,5-6,8-11H2,1-2H3,(H,25,29). The van der Waals surface area contributed by atoms with Crippen molar-refractivity contribution < 1.29 is 32.6 Å². The van der Waals surface area contributed by atoms with Crippen molar-refractivity contribution in [3.63, 3.8) is 0 Å². The number of rotatable bonds is 7. The lowest BCUT2D eigenvalue weighted by molar-refractivity contribution is -0.165. The highest BCUT2D eigenvalue weighted by Crippen LogP contribution is 2.28. The summed E-state index contributed by atoms with van der Waals surface area (Å²) >= 11 is 0. The summed E-state index contributed by atoms with van der Waals surface area (Å²) in [5.74, 6) is -0.505. The fourth-order valence-corrected chi connectivity index (χ4v) is 3.43. The van der Waals surface area contributed by atoms with Crippen LogP contribution >= 0.6 is 0 Å². The van der Waals surface area contributed by atoms with E-state index < -0.39 is 18.7 Å². The van der Waals surface area contributed by atoms with Crippen LogP contribution in [0, 0.1) is 0 Å². The normalized spacial score (nSPS) is 16.5. The number of hydrogen-bond donors (Lipinski definition) is 2. The minimum Gasteiger partial charge on any atom is -0.486 e. The number of nitrogens with zero attached hydrogens (tertiary/aromatic N) is 3. The van der Waals surface area contributed by atoms with Gasteiger partial charge >= 0.3 is 6.18 Å². The number of carbonyl (C=O) groups is 2. The third kappa shape index (κ3) is 5.16. The minimum atomic E-state index is -4.42. The first kappa shape index (κ1) is 22.6. The molecule has 3 rings (SSSR count). The van der Waals surface area contributed by atoms with Crippen LogP contribution in [0.15, 0.2) is 35.4 Å². The zero-order valence-electron chi connectivity index (χ0n) is 17.1. The number of aromatic nitrogens is 1. The van der Waals surface area contributed by atoms with E-state index in [9.17, 15) is 22.8 Å². The van der Waals surface area contributed by atoms with Gasteiger partial charge in [-0.2, -0.15) is 13.2 Å². The van der Waals surface area contributed by atoms with Crippen LogP contribution in [-0.2, 0) is 11.3 Å². The van der Waals surface area contributed by atoms with E-state index in [0.717, 1.165) is 5.70 Å². The van der Waals surface area contributed by atoms with Crippen molar-refractivity contribution in [3.05, 3.63) is 52.2 Å². The lowest BCUT2D eigenvalue weighted by atomic mass is 10.1. The number of carbonyl (C=O) groups excluding carboxylic acids is 2. The summed E-state index contributed by atoms with van der Waals surface area (Å²) in [4.78, 5) is 32.5. The molecule has 2 amide bonds. The molecule has 2 aliphatic heterocycles. The molecular weight excluding hydrogens is 417 g/mol. The second kappa shape index (κ2) is 8.96. The average Bonchev–Trinajstić information content (AvgIpc) is 3.02. The third-order valence-electron chi connectivity index (χ3n) is 4.99. The zero-order valence-corrected chi connectivity index (χ0v) is 17.1. The number of hydrogen-bond acceptors (Lipinski definition) is 6. The molecule has 31 heavy (non-hydrogen) atoms. The molecule has 0 radical (unpaired) electrons. The molecule has 1 aromatic heterocycles. The quantitative estimate of drug-likeness (QED) is 0.667. The number of likely N-dealkylation sites (N-methyl/N-ethyl adjacent to an activating group) is 1. The zero-order chi connectivity index (χ0) is 22.8. The second-order valence-corrected chi connectivity index (χ2v) is 7.33. The topological polar surface area (TPSA) is 95.0 Å². The molecule has 2 N–H and O–H groups in total. The van der Waals surface area contributed by atoms with Crippen LogP contribution in [0.4, 0.5) is 13.2 Å². The van der Waals surface area contributed by atoms with Gasteiger partial charge in [-0.1, -0.05) is 0 Å². The Morgan fingerprint density at radius 3 is 2.77 bits per heavy atom. The van der Waals surface area contributed by atoms with Gasteiger partial charge in [0.05, 0.1) is 19.7 Å². The van der Waals surface area contributed by atoms with Crippen LogP contribution in [-0.4, -0.2) is 77.8 Å². The van der Waals surface area contributed by atoms with Gasteiger partial charge in [-0.05, 0) is 24.6 Å². The minimum absolute atomic E-state index is 0.0733. The Hall–Kier alpha value is -3.08. The van der Waals surface area contributed by atoms with E-state index >= 15 is 0 Å². The van der Waals surface area contributed by atoms with Crippen LogP contribution in [0.2, 0.25) is 0 Å². The Morgan fingerprint density at radius 2 is 2.10 bits per heavy atom. The van der Waals surface area contributed by atoms with Gasteiger partial charge in [0.1, 0.15) is 11.5 Å². The fraction of sp³-hybridized carbons (Fsp3) is 0.450. The molecule has 0 atom stereocenters. The van der Waals surface area contributed by atoms with Gasteiger partial charge in [-0.3, -0.25) is 14.6 Å². The van der Waals surface area contributed by atoms with Crippen molar-refractivity contribution in [3.8, 4) is 0 Å². The van der Waals surface area contributed by atoms with Gasteiger partial charge in [0.2, 0.25) is 0 Å².